The minimum atomic E-state index is -0.737. The molecule has 1 atom stereocenters. The molecule has 1 saturated heterocycles. The molecule has 0 aromatic heterocycles. The molecule has 152 valence electrons. The second-order valence-electron chi connectivity index (χ2n) is 6.48. The Labute approximate surface area is 169 Å². The summed E-state index contributed by atoms with van der Waals surface area (Å²) in [6, 6.07) is 11.2. The molecule has 1 fully saturated rings. The average Bonchev–Trinajstić information content (AvgIpc) is 2.97. The summed E-state index contributed by atoms with van der Waals surface area (Å²) in [6.45, 7) is 2.42. The minimum Gasteiger partial charge on any atom is -0.507 e. The van der Waals surface area contributed by atoms with E-state index < -0.39 is 17.7 Å². The molecule has 0 saturated carbocycles. The Morgan fingerprint density at radius 1 is 1.03 bits per heavy atom. The highest BCUT2D eigenvalue weighted by molar-refractivity contribution is 6.46. The zero-order chi connectivity index (χ0) is 21.1. The summed E-state index contributed by atoms with van der Waals surface area (Å²) in [5.74, 6) is -0.107. The van der Waals surface area contributed by atoms with Crippen molar-refractivity contribution in [2.45, 2.75) is 13.0 Å². The van der Waals surface area contributed by atoms with Crippen LogP contribution in [-0.4, -0.2) is 49.6 Å². The lowest BCUT2D eigenvalue weighted by atomic mass is 9.95. The summed E-state index contributed by atoms with van der Waals surface area (Å²) in [5, 5.41) is 10.9. The zero-order valence-corrected chi connectivity index (χ0v) is 16.8. The molecule has 3 rings (SSSR count). The monoisotopic (exact) mass is 397 g/mol. The van der Waals surface area contributed by atoms with Crippen molar-refractivity contribution in [3.05, 3.63) is 59.2 Å². The molecule has 0 bridgehead atoms. The van der Waals surface area contributed by atoms with E-state index in [0.717, 1.165) is 0 Å². The van der Waals surface area contributed by atoms with Gasteiger partial charge in [0, 0.05) is 12.6 Å². The predicted octanol–water partition coefficient (Wildman–Crippen LogP) is 3.15. The van der Waals surface area contributed by atoms with Gasteiger partial charge in [-0.25, -0.2) is 0 Å². The van der Waals surface area contributed by atoms with Crippen LogP contribution in [0.25, 0.3) is 5.76 Å². The normalized spacial score (nSPS) is 18.1. The highest BCUT2D eigenvalue weighted by Gasteiger charge is 2.44. The van der Waals surface area contributed by atoms with Crippen molar-refractivity contribution in [3.8, 4) is 17.2 Å². The maximum atomic E-state index is 12.7. The van der Waals surface area contributed by atoms with Crippen LogP contribution in [0, 0.1) is 0 Å². The Morgan fingerprint density at radius 2 is 1.69 bits per heavy atom. The van der Waals surface area contributed by atoms with Gasteiger partial charge in [0.05, 0.1) is 32.4 Å². The number of hydrogen-bond acceptors (Lipinski definition) is 6. The van der Waals surface area contributed by atoms with Gasteiger partial charge in [-0.1, -0.05) is 12.1 Å². The third-order valence-corrected chi connectivity index (χ3v) is 4.84. The number of benzene rings is 2. The van der Waals surface area contributed by atoms with Gasteiger partial charge in [0.15, 0.2) is 11.5 Å². The molecule has 1 amide bonds. The standard InChI is InChI=1S/C22H23NO6/c1-5-29-15-9-6-13(7-10-15)19-18(21(25)22(26)23(19)2)20(24)14-8-11-16(27-3)17(12-14)28-4/h6-12,19,24H,5H2,1-4H3/t19-/m0/s1. The first-order valence-corrected chi connectivity index (χ1v) is 9.12. The largest absolute Gasteiger partial charge is 0.507 e. The molecule has 2 aromatic rings. The highest BCUT2D eigenvalue weighted by Crippen LogP contribution is 2.40. The molecule has 0 radical (unpaired) electrons. The predicted molar refractivity (Wildman–Crippen MR) is 107 cm³/mol. The summed E-state index contributed by atoms with van der Waals surface area (Å²) in [5.41, 5.74) is 1.07. The zero-order valence-electron chi connectivity index (χ0n) is 16.8. The van der Waals surface area contributed by atoms with Gasteiger partial charge < -0.3 is 24.2 Å². The molecule has 1 aliphatic heterocycles. The van der Waals surface area contributed by atoms with Gasteiger partial charge in [0.25, 0.3) is 11.7 Å². The van der Waals surface area contributed by atoms with Gasteiger partial charge in [0.1, 0.15) is 11.5 Å². The minimum absolute atomic E-state index is 0.0221. The first-order valence-electron chi connectivity index (χ1n) is 9.12. The summed E-state index contributed by atoms with van der Waals surface area (Å²) < 4.78 is 15.9. The van der Waals surface area contributed by atoms with Crippen LogP contribution in [0.3, 0.4) is 0 Å². The number of methoxy groups -OCH3 is 2. The number of Topliss-reactive ketones (excluding diaryl/α,β-unsaturated/α-hetero) is 1. The fourth-order valence-corrected chi connectivity index (χ4v) is 3.39. The van der Waals surface area contributed by atoms with Crippen molar-refractivity contribution in [3.63, 3.8) is 0 Å². The number of aliphatic hydroxyl groups excluding tert-OH is 1. The summed E-state index contributed by atoms with van der Waals surface area (Å²) >= 11 is 0. The third kappa shape index (κ3) is 3.63. The van der Waals surface area contributed by atoms with E-state index >= 15 is 0 Å². The van der Waals surface area contributed by atoms with Crippen LogP contribution in [0.15, 0.2) is 48.0 Å². The van der Waals surface area contributed by atoms with E-state index in [1.54, 1.807) is 42.5 Å². The highest BCUT2D eigenvalue weighted by atomic mass is 16.5. The topological polar surface area (TPSA) is 85.3 Å². The number of carbonyl (C=O) groups excluding carboxylic acids is 2. The Hall–Kier alpha value is -3.48. The van der Waals surface area contributed by atoms with Crippen LogP contribution < -0.4 is 14.2 Å². The molecular formula is C22H23NO6. The number of ketones is 1. The van der Waals surface area contributed by atoms with E-state index in [9.17, 15) is 14.7 Å². The van der Waals surface area contributed by atoms with Crippen LogP contribution in [0.1, 0.15) is 24.1 Å². The fourth-order valence-electron chi connectivity index (χ4n) is 3.39. The van der Waals surface area contributed by atoms with E-state index in [4.69, 9.17) is 14.2 Å². The quantitative estimate of drug-likeness (QED) is 0.458. The second kappa shape index (κ2) is 8.26. The number of carbonyl (C=O) groups is 2. The van der Waals surface area contributed by atoms with Crippen LogP contribution in [-0.2, 0) is 9.59 Å². The van der Waals surface area contributed by atoms with Crippen LogP contribution in [0.5, 0.6) is 17.2 Å². The van der Waals surface area contributed by atoms with Gasteiger partial charge in [0.2, 0.25) is 0 Å². The molecule has 1 heterocycles. The van der Waals surface area contributed by atoms with Crippen molar-refractivity contribution in [2.75, 3.05) is 27.9 Å². The van der Waals surface area contributed by atoms with Crippen molar-refractivity contribution < 1.29 is 28.9 Å². The van der Waals surface area contributed by atoms with Crippen molar-refractivity contribution in [1.29, 1.82) is 0 Å². The molecule has 0 unspecified atom stereocenters. The van der Waals surface area contributed by atoms with E-state index in [-0.39, 0.29) is 11.3 Å². The van der Waals surface area contributed by atoms with E-state index in [2.05, 4.69) is 0 Å². The van der Waals surface area contributed by atoms with Crippen LogP contribution in [0.4, 0.5) is 0 Å². The molecule has 1 aliphatic rings. The maximum Gasteiger partial charge on any atom is 0.295 e. The molecule has 7 nitrogen and oxygen atoms in total. The SMILES string of the molecule is CCOc1ccc([C@H]2C(=C(O)c3ccc(OC)c(OC)c3)C(=O)C(=O)N2C)cc1. The second-order valence-corrected chi connectivity index (χ2v) is 6.48. The Bertz CT molecular complexity index is 964. The fraction of sp³-hybridized carbons (Fsp3) is 0.273. The van der Waals surface area contributed by atoms with Gasteiger partial charge in [-0.2, -0.15) is 0 Å². The molecule has 2 aromatic carbocycles. The van der Waals surface area contributed by atoms with Gasteiger partial charge >= 0.3 is 0 Å². The molecule has 29 heavy (non-hydrogen) atoms. The van der Waals surface area contributed by atoms with Crippen molar-refractivity contribution >= 4 is 17.4 Å². The van der Waals surface area contributed by atoms with Gasteiger partial charge in [-0.3, -0.25) is 9.59 Å². The molecule has 0 spiro atoms. The lowest BCUT2D eigenvalue weighted by Gasteiger charge is -2.21. The third-order valence-electron chi connectivity index (χ3n) is 4.84. The molecule has 1 N–H and O–H groups in total. The number of likely N-dealkylation sites (N-methyl/N-ethyl adjacent to an activating group) is 1. The van der Waals surface area contributed by atoms with Crippen molar-refractivity contribution in [1.82, 2.24) is 4.90 Å². The first-order chi connectivity index (χ1) is 13.9. The van der Waals surface area contributed by atoms with Gasteiger partial charge in [-0.15, -0.1) is 0 Å². The average molecular weight is 397 g/mol. The summed E-state index contributed by atoms with van der Waals surface area (Å²) in [6.07, 6.45) is 0. The number of amides is 1. The summed E-state index contributed by atoms with van der Waals surface area (Å²) in [7, 11) is 4.52. The number of ether oxygens (including phenoxy) is 3. The lowest BCUT2D eigenvalue weighted by molar-refractivity contribution is -0.139. The Morgan fingerprint density at radius 3 is 2.28 bits per heavy atom. The number of hydrogen-bond donors (Lipinski definition) is 1. The molecule has 7 heteroatoms. The van der Waals surface area contributed by atoms with Crippen LogP contribution >= 0.6 is 0 Å². The van der Waals surface area contributed by atoms with E-state index in [0.29, 0.717) is 35.0 Å². The number of nitrogens with zero attached hydrogens (tertiary/aromatic N) is 1. The van der Waals surface area contributed by atoms with E-state index in [1.165, 1.54) is 26.2 Å². The Kier molecular flexibility index (Phi) is 5.77. The number of likely N-dealkylation sites (tertiary alicyclic amines) is 1. The molecular weight excluding hydrogens is 374 g/mol. The smallest absolute Gasteiger partial charge is 0.295 e. The van der Waals surface area contributed by atoms with Crippen LogP contribution in [0.2, 0.25) is 0 Å². The molecule has 0 aliphatic carbocycles. The lowest BCUT2D eigenvalue weighted by Crippen LogP contribution is -2.24. The first kappa shape index (κ1) is 20.3. The number of aliphatic hydroxyl groups is 1. The summed E-state index contributed by atoms with van der Waals surface area (Å²) in [4.78, 5) is 26.4. The Balaban J connectivity index is 2.10. The van der Waals surface area contributed by atoms with Gasteiger partial charge in [-0.05, 0) is 42.8 Å². The van der Waals surface area contributed by atoms with E-state index in [1.807, 2.05) is 6.92 Å². The maximum absolute atomic E-state index is 12.7. The van der Waals surface area contributed by atoms with Crippen molar-refractivity contribution in [2.24, 2.45) is 0 Å². The number of rotatable bonds is 6.